The highest BCUT2D eigenvalue weighted by atomic mass is 79.9. The third-order valence-corrected chi connectivity index (χ3v) is 5.31. The molecule has 100 valence electrons. The van der Waals surface area contributed by atoms with Gasteiger partial charge < -0.3 is 11.1 Å². The highest BCUT2D eigenvalue weighted by molar-refractivity contribution is 9.10. The molecule has 3 nitrogen and oxygen atoms in total. The first-order chi connectivity index (χ1) is 8.53. The van der Waals surface area contributed by atoms with Crippen molar-refractivity contribution in [1.82, 2.24) is 5.32 Å². The number of hydrogen-bond acceptors (Lipinski definition) is 3. The summed E-state index contributed by atoms with van der Waals surface area (Å²) in [5, 5.41) is 5.15. The summed E-state index contributed by atoms with van der Waals surface area (Å²) in [4.78, 5) is 13.2. The molecule has 2 rings (SSSR count). The maximum atomic E-state index is 12.0. The lowest BCUT2D eigenvalue weighted by Gasteiger charge is -2.29. The van der Waals surface area contributed by atoms with Gasteiger partial charge in [-0.05, 0) is 54.1 Å². The average Bonchev–Trinajstić information content (AvgIpc) is 3.11. The van der Waals surface area contributed by atoms with E-state index in [1.165, 1.54) is 17.7 Å². The second kappa shape index (κ2) is 5.72. The minimum Gasteiger partial charge on any atom is -0.349 e. The Bertz CT molecular complexity index is 430. The van der Waals surface area contributed by atoms with Crippen molar-refractivity contribution in [3.05, 3.63) is 20.8 Å². The maximum absolute atomic E-state index is 12.0. The van der Waals surface area contributed by atoms with Gasteiger partial charge in [-0.15, -0.1) is 11.3 Å². The molecular weight excluding hydrogens is 312 g/mol. The highest BCUT2D eigenvalue weighted by Crippen LogP contribution is 2.39. The van der Waals surface area contributed by atoms with Gasteiger partial charge in [-0.25, -0.2) is 0 Å². The summed E-state index contributed by atoms with van der Waals surface area (Å²) in [6.45, 7) is 2.58. The van der Waals surface area contributed by atoms with Crippen LogP contribution in [0.5, 0.6) is 0 Å². The first-order valence-corrected chi connectivity index (χ1v) is 7.95. The lowest BCUT2D eigenvalue weighted by Crippen LogP contribution is -2.53. The fourth-order valence-electron chi connectivity index (χ4n) is 2.14. The van der Waals surface area contributed by atoms with Gasteiger partial charge in [0, 0.05) is 27.7 Å². The average molecular weight is 331 g/mol. The molecular formula is C13H19BrN2OS. The van der Waals surface area contributed by atoms with Gasteiger partial charge in [0.05, 0.1) is 5.54 Å². The van der Waals surface area contributed by atoms with Gasteiger partial charge in [-0.2, -0.15) is 0 Å². The van der Waals surface area contributed by atoms with Crippen molar-refractivity contribution in [2.24, 2.45) is 11.7 Å². The Morgan fingerprint density at radius 1 is 1.67 bits per heavy atom. The number of nitrogens with one attached hydrogen (secondary N) is 1. The van der Waals surface area contributed by atoms with Crippen LogP contribution >= 0.6 is 27.3 Å². The molecule has 1 amide bonds. The van der Waals surface area contributed by atoms with Gasteiger partial charge in [0.2, 0.25) is 5.91 Å². The van der Waals surface area contributed by atoms with E-state index in [9.17, 15) is 4.79 Å². The van der Waals surface area contributed by atoms with E-state index in [0.29, 0.717) is 18.9 Å². The molecule has 1 heterocycles. The molecule has 1 aliphatic carbocycles. The van der Waals surface area contributed by atoms with E-state index in [-0.39, 0.29) is 11.4 Å². The van der Waals surface area contributed by atoms with Crippen LogP contribution in [0.25, 0.3) is 0 Å². The second-order valence-corrected chi connectivity index (χ2v) is 7.09. The van der Waals surface area contributed by atoms with Gasteiger partial charge in [-0.3, -0.25) is 4.79 Å². The summed E-state index contributed by atoms with van der Waals surface area (Å²) in [5.41, 5.74) is 5.59. The summed E-state index contributed by atoms with van der Waals surface area (Å²) in [7, 11) is 0. The Balaban J connectivity index is 1.81. The predicted octanol–water partition coefficient (Wildman–Crippen LogP) is 2.69. The minimum absolute atomic E-state index is 0.111. The van der Waals surface area contributed by atoms with Crippen molar-refractivity contribution in [2.75, 3.05) is 6.54 Å². The summed E-state index contributed by atoms with van der Waals surface area (Å²) >= 11 is 5.10. The summed E-state index contributed by atoms with van der Waals surface area (Å²) in [6, 6.07) is 2.07. The Morgan fingerprint density at radius 2 is 2.39 bits per heavy atom. The first kappa shape index (κ1) is 14.0. The molecule has 0 aliphatic heterocycles. The molecule has 0 radical (unpaired) electrons. The number of aryl methyl sites for hydroxylation is 1. The Morgan fingerprint density at radius 3 is 2.89 bits per heavy atom. The molecule has 1 aromatic heterocycles. The molecule has 3 N–H and O–H groups in total. The third-order valence-electron chi connectivity index (χ3n) is 3.55. The Labute approximate surface area is 120 Å². The number of carbonyl (C=O) groups is 1. The zero-order chi connectivity index (χ0) is 13.2. The van der Waals surface area contributed by atoms with E-state index < -0.39 is 0 Å². The quantitative estimate of drug-likeness (QED) is 0.842. The van der Waals surface area contributed by atoms with Crippen molar-refractivity contribution in [3.8, 4) is 0 Å². The van der Waals surface area contributed by atoms with Crippen LogP contribution in [0.4, 0.5) is 0 Å². The number of thiophene rings is 1. The molecule has 1 aliphatic rings. The zero-order valence-corrected chi connectivity index (χ0v) is 12.9. The second-order valence-electron chi connectivity index (χ2n) is 5.18. The Kier molecular flexibility index (Phi) is 4.45. The third kappa shape index (κ3) is 3.56. The highest BCUT2D eigenvalue weighted by Gasteiger charge is 2.41. The van der Waals surface area contributed by atoms with E-state index in [1.54, 1.807) is 11.3 Å². The number of nitrogens with two attached hydrogens (primary N) is 1. The molecule has 1 fully saturated rings. The number of amides is 1. The van der Waals surface area contributed by atoms with Crippen LogP contribution in [-0.2, 0) is 11.2 Å². The number of carbonyl (C=O) groups excluding carboxylic acids is 1. The lowest BCUT2D eigenvalue weighted by atomic mass is 9.95. The monoisotopic (exact) mass is 330 g/mol. The molecule has 0 spiro atoms. The number of hydrogen-bond donors (Lipinski definition) is 2. The van der Waals surface area contributed by atoms with Crippen molar-refractivity contribution in [3.63, 3.8) is 0 Å². The van der Waals surface area contributed by atoms with Crippen LogP contribution < -0.4 is 11.1 Å². The summed E-state index contributed by atoms with van der Waals surface area (Å²) in [5.74, 6) is 0.682. The van der Waals surface area contributed by atoms with Gasteiger partial charge in [0.1, 0.15) is 0 Å². The zero-order valence-electron chi connectivity index (χ0n) is 10.5. The fraction of sp³-hybridized carbons (Fsp3) is 0.615. The molecule has 0 bridgehead atoms. The molecule has 1 atom stereocenters. The molecule has 0 saturated heterocycles. The van der Waals surface area contributed by atoms with E-state index in [4.69, 9.17) is 5.73 Å². The molecule has 18 heavy (non-hydrogen) atoms. The molecule has 5 heteroatoms. The predicted molar refractivity (Wildman–Crippen MR) is 78.7 cm³/mol. The van der Waals surface area contributed by atoms with Gasteiger partial charge in [0.15, 0.2) is 0 Å². The van der Waals surface area contributed by atoms with E-state index in [1.807, 2.05) is 5.38 Å². The summed E-state index contributed by atoms with van der Waals surface area (Å²) in [6.07, 6.45) is 3.71. The van der Waals surface area contributed by atoms with Crippen LogP contribution in [-0.4, -0.2) is 18.0 Å². The minimum atomic E-state index is -0.201. The van der Waals surface area contributed by atoms with Crippen molar-refractivity contribution < 1.29 is 4.79 Å². The largest absolute Gasteiger partial charge is 0.349 e. The van der Waals surface area contributed by atoms with Crippen LogP contribution in [0.3, 0.4) is 0 Å². The van der Waals surface area contributed by atoms with E-state index >= 15 is 0 Å². The molecule has 0 aromatic carbocycles. The molecule has 1 unspecified atom stereocenters. The topological polar surface area (TPSA) is 55.1 Å². The van der Waals surface area contributed by atoms with Crippen molar-refractivity contribution in [1.29, 1.82) is 0 Å². The lowest BCUT2D eigenvalue weighted by molar-refractivity contribution is -0.123. The first-order valence-electron chi connectivity index (χ1n) is 6.27. The van der Waals surface area contributed by atoms with Gasteiger partial charge in [-0.1, -0.05) is 0 Å². The standard InChI is InChI=1S/C13H19BrN2OS/c1-13(8-15,9-2-3-9)16-12(17)5-4-11-6-10(14)7-18-11/h6-7,9H,2-5,8,15H2,1H3,(H,16,17). The van der Waals surface area contributed by atoms with Crippen molar-refractivity contribution in [2.45, 2.75) is 38.1 Å². The van der Waals surface area contributed by atoms with Crippen LogP contribution in [0.15, 0.2) is 15.9 Å². The van der Waals surface area contributed by atoms with Crippen LogP contribution in [0.2, 0.25) is 0 Å². The van der Waals surface area contributed by atoms with Crippen LogP contribution in [0, 0.1) is 5.92 Å². The fourth-order valence-corrected chi connectivity index (χ4v) is 3.60. The molecule has 1 aromatic rings. The van der Waals surface area contributed by atoms with E-state index in [2.05, 4.69) is 34.2 Å². The number of halogens is 1. The summed E-state index contributed by atoms with van der Waals surface area (Å²) < 4.78 is 1.09. The van der Waals surface area contributed by atoms with Gasteiger partial charge >= 0.3 is 0 Å². The maximum Gasteiger partial charge on any atom is 0.220 e. The Hall–Kier alpha value is -0.390. The number of rotatable bonds is 6. The van der Waals surface area contributed by atoms with Gasteiger partial charge in [0.25, 0.3) is 0 Å². The molecule has 1 saturated carbocycles. The van der Waals surface area contributed by atoms with Crippen LogP contribution in [0.1, 0.15) is 31.1 Å². The SMILES string of the molecule is CC(CN)(NC(=O)CCc1cc(Br)cs1)C1CC1. The van der Waals surface area contributed by atoms with Crippen molar-refractivity contribution >= 4 is 33.2 Å². The smallest absolute Gasteiger partial charge is 0.220 e. The van der Waals surface area contributed by atoms with E-state index in [0.717, 1.165) is 10.9 Å². The normalized spacial score (nSPS) is 18.4.